The van der Waals surface area contributed by atoms with E-state index in [0.29, 0.717) is 5.69 Å². The number of nitrogens with zero attached hydrogens (tertiary/aromatic N) is 1. The Bertz CT molecular complexity index is 812. The molecule has 138 valence electrons. The van der Waals surface area contributed by atoms with Crippen LogP contribution < -0.4 is 10.4 Å². The first-order valence-electron chi connectivity index (χ1n) is 7.38. The molecule has 1 aliphatic rings. The molecule has 8 nitrogen and oxygen atoms in total. The number of aryl methyl sites for hydroxylation is 1. The van der Waals surface area contributed by atoms with Crippen molar-refractivity contribution >= 4 is 43.5 Å². The molecule has 2 N–H and O–H groups in total. The summed E-state index contributed by atoms with van der Waals surface area (Å²) in [6, 6.07) is 5.37. The molecule has 1 aliphatic heterocycles. The highest BCUT2D eigenvalue weighted by Gasteiger charge is 2.48. The van der Waals surface area contributed by atoms with Crippen molar-refractivity contribution in [1.82, 2.24) is 5.48 Å². The fourth-order valence-corrected chi connectivity index (χ4v) is 4.06. The van der Waals surface area contributed by atoms with Crippen molar-refractivity contribution in [2.45, 2.75) is 31.1 Å². The van der Waals surface area contributed by atoms with Gasteiger partial charge < -0.3 is 4.74 Å². The molecule has 0 saturated carbocycles. The Morgan fingerprint density at radius 1 is 1.52 bits per heavy atom. The van der Waals surface area contributed by atoms with E-state index < -0.39 is 32.7 Å². The summed E-state index contributed by atoms with van der Waals surface area (Å²) in [5.74, 6) is -1.07. The molecule has 1 saturated heterocycles. The summed E-state index contributed by atoms with van der Waals surface area (Å²) in [6.45, 7) is 3.13. The first-order valence-corrected chi connectivity index (χ1v) is 10.1. The van der Waals surface area contributed by atoms with Gasteiger partial charge in [-0.05, 0) is 37.6 Å². The Balaban J connectivity index is 2.26. The van der Waals surface area contributed by atoms with Gasteiger partial charge in [-0.15, -0.1) is 0 Å². The van der Waals surface area contributed by atoms with Crippen molar-refractivity contribution in [3.8, 4) is 0 Å². The third kappa shape index (κ3) is 3.80. The van der Waals surface area contributed by atoms with Crippen molar-refractivity contribution in [1.29, 1.82) is 0 Å². The molecular weight excluding hydrogens is 416 g/mol. The van der Waals surface area contributed by atoms with Crippen LogP contribution in [0.4, 0.5) is 10.5 Å². The SMILES string of the molecule is Cc1cc(Br)ccc1N1CC(CC(C)(C(=O)NO)S(C)(=O)=O)OC1=O. The van der Waals surface area contributed by atoms with Crippen molar-refractivity contribution in [2.24, 2.45) is 0 Å². The van der Waals surface area contributed by atoms with Gasteiger partial charge in [-0.3, -0.25) is 14.9 Å². The number of anilines is 1. The fraction of sp³-hybridized carbons (Fsp3) is 0.467. The number of sulfone groups is 1. The van der Waals surface area contributed by atoms with Crippen LogP contribution in [0.2, 0.25) is 0 Å². The largest absolute Gasteiger partial charge is 0.444 e. The number of hydrogen-bond acceptors (Lipinski definition) is 6. The minimum absolute atomic E-state index is 0.102. The van der Waals surface area contributed by atoms with Crippen LogP contribution in [0.3, 0.4) is 0 Å². The molecule has 0 aromatic heterocycles. The molecular formula is C15H19BrN2O6S. The molecule has 2 rings (SSSR count). The summed E-state index contributed by atoms with van der Waals surface area (Å²) in [5.41, 5.74) is 2.86. The second-order valence-electron chi connectivity index (χ2n) is 6.20. The lowest BCUT2D eigenvalue weighted by molar-refractivity contribution is -0.132. The van der Waals surface area contributed by atoms with E-state index >= 15 is 0 Å². The molecule has 1 heterocycles. The van der Waals surface area contributed by atoms with Gasteiger partial charge in [0.2, 0.25) is 0 Å². The van der Waals surface area contributed by atoms with Crippen LogP contribution in [-0.2, 0) is 19.4 Å². The van der Waals surface area contributed by atoms with Gasteiger partial charge in [0.15, 0.2) is 14.6 Å². The Labute approximate surface area is 154 Å². The molecule has 0 aliphatic carbocycles. The van der Waals surface area contributed by atoms with Gasteiger partial charge >= 0.3 is 6.09 Å². The van der Waals surface area contributed by atoms with Gasteiger partial charge in [-0.25, -0.2) is 18.7 Å². The smallest absolute Gasteiger partial charge is 0.414 e. The number of hydrogen-bond donors (Lipinski definition) is 2. The van der Waals surface area contributed by atoms with E-state index in [1.54, 1.807) is 12.1 Å². The van der Waals surface area contributed by atoms with Gasteiger partial charge in [0.1, 0.15) is 6.10 Å². The summed E-state index contributed by atoms with van der Waals surface area (Å²) in [4.78, 5) is 25.5. The Kier molecular flexibility index (Phi) is 5.45. The minimum Gasteiger partial charge on any atom is -0.444 e. The molecule has 1 fully saturated rings. The summed E-state index contributed by atoms with van der Waals surface area (Å²) < 4.78 is 28.3. The second kappa shape index (κ2) is 6.93. The standard InChI is InChI=1S/C15H19BrN2O6S/c1-9-6-10(16)4-5-12(9)18-8-11(24-14(18)20)7-15(2,13(19)17-21)25(3,22)23/h4-6,11,21H,7-8H2,1-3H3,(H,17,19). The van der Waals surface area contributed by atoms with E-state index in [-0.39, 0.29) is 13.0 Å². The lowest BCUT2D eigenvalue weighted by Crippen LogP contribution is -2.51. The quantitative estimate of drug-likeness (QED) is 0.539. The van der Waals surface area contributed by atoms with Crippen molar-refractivity contribution in [3.05, 3.63) is 28.2 Å². The maximum Gasteiger partial charge on any atom is 0.414 e. The Morgan fingerprint density at radius 3 is 2.68 bits per heavy atom. The summed E-state index contributed by atoms with van der Waals surface area (Å²) in [6.07, 6.45) is -0.797. The van der Waals surface area contributed by atoms with Crippen LogP contribution in [-0.4, -0.2) is 49.3 Å². The van der Waals surface area contributed by atoms with Crippen molar-refractivity contribution < 1.29 is 28.0 Å². The minimum atomic E-state index is -3.86. The first-order chi connectivity index (χ1) is 11.5. The number of rotatable bonds is 5. The summed E-state index contributed by atoms with van der Waals surface area (Å²) >= 11 is 3.35. The number of benzene rings is 1. The van der Waals surface area contributed by atoms with E-state index in [2.05, 4.69) is 15.9 Å². The predicted octanol–water partition coefficient (Wildman–Crippen LogP) is 1.78. The number of cyclic esters (lactones) is 1. The molecule has 2 unspecified atom stereocenters. The van der Waals surface area contributed by atoms with Crippen LogP contribution in [0.25, 0.3) is 0 Å². The monoisotopic (exact) mass is 434 g/mol. The number of hydroxylamine groups is 1. The third-order valence-corrected chi connectivity index (χ3v) is 6.82. The van der Waals surface area contributed by atoms with Gasteiger partial charge in [-0.2, -0.15) is 0 Å². The van der Waals surface area contributed by atoms with Crippen LogP contribution in [0, 0.1) is 6.92 Å². The molecule has 2 amide bonds. The summed E-state index contributed by atoms with van der Waals surface area (Å²) in [5, 5.41) is 8.87. The molecule has 2 atom stereocenters. The second-order valence-corrected chi connectivity index (χ2v) is 9.56. The highest BCUT2D eigenvalue weighted by atomic mass is 79.9. The Hall–Kier alpha value is -1.65. The maximum absolute atomic E-state index is 12.2. The average molecular weight is 435 g/mol. The fourth-order valence-electron chi connectivity index (χ4n) is 2.71. The van der Waals surface area contributed by atoms with Crippen molar-refractivity contribution in [2.75, 3.05) is 17.7 Å². The van der Waals surface area contributed by atoms with Crippen LogP contribution >= 0.6 is 15.9 Å². The van der Waals surface area contributed by atoms with Gasteiger partial charge in [-0.1, -0.05) is 15.9 Å². The van der Waals surface area contributed by atoms with Crippen LogP contribution in [0.5, 0.6) is 0 Å². The first kappa shape index (κ1) is 19.7. The topological polar surface area (TPSA) is 113 Å². The van der Waals surface area contributed by atoms with E-state index in [9.17, 15) is 18.0 Å². The van der Waals surface area contributed by atoms with Gasteiger partial charge in [0, 0.05) is 17.1 Å². The number of carbonyl (C=O) groups excluding carboxylic acids is 2. The van der Waals surface area contributed by atoms with Crippen LogP contribution in [0.1, 0.15) is 18.9 Å². The van der Waals surface area contributed by atoms with Gasteiger partial charge in [0.25, 0.3) is 5.91 Å². The maximum atomic E-state index is 12.2. The van der Waals surface area contributed by atoms with E-state index in [0.717, 1.165) is 16.3 Å². The molecule has 0 spiro atoms. The number of amides is 2. The highest BCUT2D eigenvalue weighted by Crippen LogP contribution is 2.32. The number of ether oxygens (including phenoxy) is 1. The highest BCUT2D eigenvalue weighted by molar-refractivity contribution is 9.10. The van der Waals surface area contributed by atoms with Gasteiger partial charge in [0.05, 0.1) is 12.2 Å². The number of nitrogens with one attached hydrogen (secondary N) is 1. The van der Waals surface area contributed by atoms with E-state index in [1.807, 2.05) is 13.0 Å². The number of halogens is 1. The number of carbonyl (C=O) groups is 2. The zero-order valence-electron chi connectivity index (χ0n) is 13.9. The molecule has 1 aromatic rings. The predicted molar refractivity (Wildman–Crippen MR) is 94.3 cm³/mol. The molecule has 0 radical (unpaired) electrons. The Morgan fingerprint density at radius 2 is 2.16 bits per heavy atom. The van der Waals surface area contributed by atoms with Crippen molar-refractivity contribution in [3.63, 3.8) is 0 Å². The molecule has 10 heteroatoms. The van der Waals surface area contributed by atoms with E-state index in [1.165, 1.54) is 17.3 Å². The third-order valence-electron chi connectivity index (χ3n) is 4.34. The van der Waals surface area contributed by atoms with E-state index in [4.69, 9.17) is 9.94 Å². The normalized spacial score (nSPS) is 20.1. The molecule has 25 heavy (non-hydrogen) atoms. The zero-order valence-corrected chi connectivity index (χ0v) is 16.3. The lowest BCUT2D eigenvalue weighted by Gasteiger charge is -2.27. The molecule has 1 aromatic carbocycles. The summed E-state index contributed by atoms with van der Waals surface area (Å²) in [7, 11) is -3.86. The molecule has 0 bridgehead atoms. The van der Waals surface area contributed by atoms with Crippen LogP contribution in [0.15, 0.2) is 22.7 Å². The zero-order chi connectivity index (χ0) is 19.0. The average Bonchev–Trinajstić information content (AvgIpc) is 2.85. The lowest BCUT2D eigenvalue weighted by atomic mass is 10.0.